The van der Waals surface area contributed by atoms with Crippen molar-refractivity contribution in [3.05, 3.63) is 20.8 Å². The minimum absolute atomic E-state index is 0. The van der Waals surface area contributed by atoms with Crippen LogP contribution in [0.15, 0.2) is 15.2 Å². The van der Waals surface area contributed by atoms with Crippen LogP contribution in [0.25, 0.3) is 0 Å². The van der Waals surface area contributed by atoms with Crippen LogP contribution in [0.5, 0.6) is 0 Å². The fraction of sp³-hybridized carbons (Fsp3) is 0.667. The second-order valence-corrected chi connectivity index (χ2v) is 6.59. The number of nitrogens with zero attached hydrogens (tertiary/aromatic N) is 1. The first-order chi connectivity index (χ1) is 7.79. The summed E-state index contributed by atoms with van der Waals surface area (Å²) in [5, 5.41) is 5.71. The summed E-state index contributed by atoms with van der Waals surface area (Å²) in [5.74, 6) is 0. The first kappa shape index (κ1) is 15.4. The Balaban J connectivity index is 0.00000144. The highest BCUT2D eigenvalue weighted by Gasteiger charge is 2.26. The highest BCUT2D eigenvalue weighted by molar-refractivity contribution is 9.11. The van der Waals surface area contributed by atoms with Gasteiger partial charge in [0, 0.05) is 25.7 Å². The maximum absolute atomic E-state index is 3.51. The van der Waals surface area contributed by atoms with Gasteiger partial charge in [0.1, 0.15) is 0 Å². The van der Waals surface area contributed by atoms with Crippen molar-refractivity contribution < 1.29 is 0 Å². The van der Waals surface area contributed by atoms with E-state index in [1.54, 1.807) is 11.3 Å². The molecule has 1 fully saturated rings. The van der Waals surface area contributed by atoms with Crippen LogP contribution in [0.3, 0.4) is 0 Å². The predicted octanol–water partition coefficient (Wildman–Crippen LogP) is 3.51. The van der Waals surface area contributed by atoms with E-state index >= 15 is 0 Å². The quantitative estimate of drug-likeness (QED) is 0.765. The zero-order valence-electron chi connectivity index (χ0n) is 10.1. The van der Waals surface area contributed by atoms with Crippen LogP contribution in [-0.2, 0) is 6.54 Å². The third kappa shape index (κ3) is 5.26. The topological polar surface area (TPSA) is 15.3 Å². The number of halogens is 2. The molecule has 98 valence electrons. The van der Waals surface area contributed by atoms with Gasteiger partial charge in [0.25, 0.3) is 0 Å². The van der Waals surface area contributed by atoms with E-state index in [9.17, 15) is 0 Å². The molecule has 0 unspecified atom stereocenters. The van der Waals surface area contributed by atoms with Gasteiger partial charge in [-0.05, 0) is 52.3 Å². The molecule has 1 aromatic heterocycles. The lowest BCUT2D eigenvalue weighted by Gasteiger charge is -2.19. The monoisotopic (exact) mass is 338 g/mol. The number of nitrogens with one attached hydrogen (secondary N) is 1. The second-order valence-electron chi connectivity index (χ2n) is 4.30. The molecule has 1 saturated carbocycles. The first-order valence-electron chi connectivity index (χ1n) is 5.97. The molecule has 1 heterocycles. The molecule has 5 heteroatoms. The van der Waals surface area contributed by atoms with Gasteiger partial charge in [-0.3, -0.25) is 4.90 Å². The Kier molecular flexibility index (Phi) is 7.04. The standard InChI is InChI=1S/C12H19BrN2S.ClH/c1-2-15(11-3-4-11)6-5-14-8-10-7-12(13)16-9-10;/h7,9,11,14H,2-6,8H2,1H3;1H. The van der Waals surface area contributed by atoms with E-state index < -0.39 is 0 Å². The van der Waals surface area contributed by atoms with Crippen LogP contribution in [0.2, 0.25) is 0 Å². The molecule has 1 N–H and O–H groups in total. The molecule has 0 spiro atoms. The molecule has 0 radical (unpaired) electrons. The van der Waals surface area contributed by atoms with Crippen LogP contribution >= 0.6 is 39.7 Å². The van der Waals surface area contributed by atoms with Crippen LogP contribution in [0.1, 0.15) is 25.3 Å². The predicted molar refractivity (Wildman–Crippen MR) is 81.2 cm³/mol. The number of thiophene rings is 1. The maximum atomic E-state index is 3.51. The van der Waals surface area contributed by atoms with Gasteiger partial charge >= 0.3 is 0 Å². The first-order valence-corrected chi connectivity index (χ1v) is 7.64. The van der Waals surface area contributed by atoms with E-state index in [0.717, 1.165) is 19.1 Å². The molecule has 2 rings (SSSR count). The molecule has 0 atom stereocenters. The lowest BCUT2D eigenvalue weighted by atomic mass is 10.3. The molecular formula is C12H20BrClN2S. The molecule has 0 amide bonds. The maximum Gasteiger partial charge on any atom is 0.0701 e. The Morgan fingerprint density at radius 3 is 2.82 bits per heavy atom. The average Bonchev–Trinajstić information content (AvgIpc) is 3.03. The van der Waals surface area contributed by atoms with Gasteiger partial charge < -0.3 is 5.32 Å². The highest BCUT2D eigenvalue weighted by atomic mass is 79.9. The van der Waals surface area contributed by atoms with Crippen molar-refractivity contribution in [2.75, 3.05) is 19.6 Å². The van der Waals surface area contributed by atoms with Crippen LogP contribution in [-0.4, -0.2) is 30.6 Å². The van der Waals surface area contributed by atoms with Gasteiger partial charge in [0.2, 0.25) is 0 Å². The van der Waals surface area contributed by atoms with E-state index in [-0.39, 0.29) is 12.4 Å². The molecule has 0 aromatic carbocycles. The Bertz CT molecular complexity index is 328. The summed E-state index contributed by atoms with van der Waals surface area (Å²) in [5.41, 5.74) is 1.38. The summed E-state index contributed by atoms with van der Waals surface area (Å²) < 4.78 is 1.22. The zero-order chi connectivity index (χ0) is 11.4. The largest absolute Gasteiger partial charge is 0.311 e. The average molecular weight is 340 g/mol. The molecule has 0 bridgehead atoms. The van der Waals surface area contributed by atoms with E-state index in [2.05, 4.69) is 44.5 Å². The van der Waals surface area contributed by atoms with Gasteiger partial charge in [-0.25, -0.2) is 0 Å². The third-order valence-corrected chi connectivity index (χ3v) is 4.55. The molecule has 17 heavy (non-hydrogen) atoms. The Morgan fingerprint density at radius 2 is 2.29 bits per heavy atom. The highest BCUT2D eigenvalue weighted by Crippen LogP contribution is 2.25. The van der Waals surface area contributed by atoms with Crippen molar-refractivity contribution in [1.29, 1.82) is 0 Å². The van der Waals surface area contributed by atoms with Gasteiger partial charge in [-0.15, -0.1) is 23.7 Å². The minimum Gasteiger partial charge on any atom is -0.311 e. The summed E-state index contributed by atoms with van der Waals surface area (Å²) >= 11 is 5.24. The van der Waals surface area contributed by atoms with E-state index in [1.165, 1.54) is 35.3 Å². The van der Waals surface area contributed by atoms with Crippen molar-refractivity contribution in [3.8, 4) is 0 Å². The van der Waals surface area contributed by atoms with Crippen LogP contribution < -0.4 is 5.32 Å². The summed E-state index contributed by atoms with van der Waals surface area (Å²) in [4.78, 5) is 2.58. The SMILES string of the molecule is CCN(CCNCc1csc(Br)c1)C1CC1.Cl. The Hall–Kier alpha value is 0.390. The summed E-state index contributed by atoms with van der Waals surface area (Å²) in [6.45, 7) is 6.72. The normalized spacial score (nSPS) is 15.0. The fourth-order valence-electron chi connectivity index (χ4n) is 1.93. The fourth-order valence-corrected chi connectivity index (χ4v) is 3.14. The van der Waals surface area contributed by atoms with Crippen molar-refractivity contribution in [3.63, 3.8) is 0 Å². The molecule has 2 nitrogen and oxygen atoms in total. The number of likely N-dealkylation sites (N-methyl/N-ethyl adjacent to an activating group) is 1. The minimum atomic E-state index is 0. The summed E-state index contributed by atoms with van der Waals surface area (Å²) in [6, 6.07) is 3.08. The van der Waals surface area contributed by atoms with Gasteiger partial charge in [0.05, 0.1) is 3.79 Å². The Morgan fingerprint density at radius 1 is 1.53 bits per heavy atom. The van der Waals surface area contributed by atoms with E-state index in [4.69, 9.17) is 0 Å². The second kappa shape index (κ2) is 7.74. The van der Waals surface area contributed by atoms with Crippen molar-refractivity contribution >= 4 is 39.7 Å². The van der Waals surface area contributed by atoms with E-state index in [1.807, 2.05) is 0 Å². The molecule has 0 saturated heterocycles. The molecule has 1 aliphatic rings. The summed E-state index contributed by atoms with van der Waals surface area (Å²) in [7, 11) is 0. The third-order valence-electron chi connectivity index (χ3n) is 3.00. The van der Waals surface area contributed by atoms with Crippen LogP contribution in [0.4, 0.5) is 0 Å². The van der Waals surface area contributed by atoms with E-state index in [0.29, 0.717) is 0 Å². The zero-order valence-corrected chi connectivity index (χ0v) is 13.3. The number of hydrogen-bond acceptors (Lipinski definition) is 3. The lowest BCUT2D eigenvalue weighted by Crippen LogP contribution is -2.33. The molecule has 1 aromatic rings. The van der Waals surface area contributed by atoms with Gasteiger partial charge in [0.15, 0.2) is 0 Å². The number of rotatable bonds is 7. The van der Waals surface area contributed by atoms with Gasteiger partial charge in [-0.1, -0.05) is 6.92 Å². The Labute approximate surface area is 122 Å². The lowest BCUT2D eigenvalue weighted by molar-refractivity contribution is 0.277. The molecule has 1 aliphatic carbocycles. The molecule has 0 aliphatic heterocycles. The van der Waals surface area contributed by atoms with Crippen molar-refractivity contribution in [2.24, 2.45) is 0 Å². The van der Waals surface area contributed by atoms with Crippen LogP contribution in [0, 0.1) is 0 Å². The smallest absolute Gasteiger partial charge is 0.0701 e. The van der Waals surface area contributed by atoms with Gasteiger partial charge in [-0.2, -0.15) is 0 Å². The number of hydrogen-bond donors (Lipinski definition) is 1. The van der Waals surface area contributed by atoms with Crippen molar-refractivity contribution in [2.45, 2.75) is 32.4 Å². The molecular weight excluding hydrogens is 320 g/mol. The van der Waals surface area contributed by atoms with Crippen molar-refractivity contribution in [1.82, 2.24) is 10.2 Å². The summed E-state index contributed by atoms with van der Waals surface area (Å²) in [6.07, 6.45) is 2.82.